The Kier molecular flexibility index (Phi) is 4.36. The predicted molar refractivity (Wildman–Crippen MR) is 79.7 cm³/mol. The molecule has 7 heteroatoms. The zero-order valence-electron chi connectivity index (χ0n) is 13.1. The summed E-state index contributed by atoms with van der Waals surface area (Å²) in [5.74, 6) is 0. The van der Waals surface area contributed by atoms with E-state index < -0.39 is 18.3 Å². The lowest BCUT2D eigenvalue weighted by Gasteiger charge is -2.32. The molecule has 0 radical (unpaired) electrons. The zero-order chi connectivity index (χ0) is 15.7. The summed E-state index contributed by atoms with van der Waals surface area (Å²) in [4.78, 5) is 8.05. The molecule has 0 aliphatic carbocycles. The van der Waals surface area contributed by atoms with Crippen molar-refractivity contribution in [2.45, 2.75) is 38.9 Å². The van der Waals surface area contributed by atoms with E-state index in [2.05, 4.69) is 9.97 Å². The molecule has 1 aromatic heterocycles. The van der Waals surface area contributed by atoms with Gasteiger partial charge in [0.1, 0.15) is 0 Å². The van der Waals surface area contributed by atoms with Crippen molar-refractivity contribution < 1.29 is 19.2 Å². The second-order valence-corrected chi connectivity index (χ2v) is 5.97. The molecule has 6 nitrogen and oxygen atoms in total. The van der Waals surface area contributed by atoms with Gasteiger partial charge in [-0.25, -0.2) is 9.97 Å². The molecule has 0 bridgehead atoms. The number of ether oxygens (including phenoxy) is 1. The van der Waals surface area contributed by atoms with E-state index in [1.807, 2.05) is 27.7 Å². The topological polar surface area (TPSA) is 73.7 Å². The Labute approximate surface area is 125 Å². The Bertz CT molecular complexity index is 512. The summed E-state index contributed by atoms with van der Waals surface area (Å²) in [5.41, 5.74) is 0.488. The van der Waals surface area contributed by atoms with Crippen molar-refractivity contribution in [3.63, 3.8) is 0 Å². The molecule has 1 fully saturated rings. The van der Waals surface area contributed by atoms with Gasteiger partial charge in [-0.3, -0.25) is 0 Å². The van der Waals surface area contributed by atoms with Crippen LogP contribution in [0.4, 0.5) is 0 Å². The number of aliphatic hydroxyl groups is 1. The molecule has 114 valence electrons. The van der Waals surface area contributed by atoms with Gasteiger partial charge in [0.05, 0.1) is 24.9 Å². The molecule has 0 aromatic carbocycles. The summed E-state index contributed by atoms with van der Waals surface area (Å²) >= 11 is 0. The normalized spacial score (nSPS) is 20.7. The molecule has 1 aliphatic rings. The van der Waals surface area contributed by atoms with Crippen LogP contribution in [0.1, 0.15) is 33.3 Å². The van der Waals surface area contributed by atoms with Gasteiger partial charge in [0.2, 0.25) is 0 Å². The van der Waals surface area contributed by atoms with Crippen LogP contribution in [-0.4, -0.2) is 47.1 Å². The van der Waals surface area contributed by atoms with Crippen molar-refractivity contribution in [1.29, 1.82) is 0 Å². The maximum Gasteiger partial charge on any atom is 0.492 e. The molecule has 1 N–H and O–H groups in total. The number of rotatable bonds is 4. The van der Waals surface area contributed by atoms with Gasteiger partial charge in [-0.05, 0) is 33.2 Å². The van der Waals surface area contributed by atoms with Gasteiger partial charge in [-0.1, -0.05) is 6.08 Å². The summed E-state index contributed by atoms with van der Waals surface area (Å²) in [6.07, 6.45) is 5.00. The van der Waals surface area contributed by atoms with E-state index in [-0.39, 0.29) is 6.61 Å². The average molecular weight is 292 g/mol. The van der Waals surface area contributed by atoms with Crippen LogP contribution in [-0.2, 0) is 9.31 Å². The van der Waals surface area contributed by atoms with Crippen LogP contribution < -0.4 is 4.74 Å². The van der Waals surface area contributed by atoms with Crippen molar-refractivity contribution >= 4 is 13.2 Å². The fraction of sp³-hybridized carbons (Fsp3) is 0.571. The van der Waals surface area contributed by atoms with Gasteiger partial charge < -0.3 is 19.2 Å². The monoisotopic (exact) mass is 292 g/mol. The Balaban J connectivity index is 2.22. The molecule has 1 aromatic rings. The molecule has 0 amide bonds. The number of aliphatic hydroxyl groups excluding tert-OH is 1. The third-order valence-corrected chi connectivity index (χ3v) is 3.92. The lowest BCUT2D eigenvalue weighted by molar-refractivity contribution is 0.00578. The largest absolute Gasteiger partial charge is 0.492 e. The molecular weight excluding hydrogens is 271 g/mol. The van der Waals surface area contributed by atoms with Crippen LogP contribution in [0.2, 0.25) is 0 Å². The number of aromatic nitrogens is 2. The minimum Gasteiger partial charge on any atom is -0.467 e. The lowest BCUT2D eigenvalue weighted by Crippen LogP contribution is -2.41. The number of nitrogens with zero attached hydrogens (tertiary/aromatic N) is 2. The van der Waals surface area contributed by atoms with Crippen molar-refractivity contribution in [3.8, 4) is 6.01 Å². The summed E-state index contributed by atoms with van der Waals surface area (Å²) in [7, 11) is 0.927. The third-order valence-electron chi connectivity index (χ3n) is 3.92. The van der Waals surface area contributed by atoms with Crippen molar-refractivity contribution in [2.24, 2.45) is 0 Å². The molecule has 0 atom stereocenters. The zero-order valence-corrected chi connectivity index (χ0v) is 13.1. The Morgan fingerprint density at radius 2 is 1.76 bits per heavy atom. The molecule has 0 unspecified atom stereocenters. The quantitative estimate of drug-likeness (QED) is 0.848. The summed E-state index contributed by atoms with van der Waals surface area (Å²) in [6.45, 7) is 7.72. The van der Waals surface area contributed by atoms with E-state index >= 15 is 0 Å². The minimum atomic E-state index is -0.581. The molecule has 21 heavy (non-hydrogen) atoms. The van der Waals surface area contributed by atoms with Crippen LogP contribution in [0.3, 0.4) is 0 Å². The highest BCUT2D eigenvalue weighted by Crippen LogP contribution is 2.38. The van der Waals surface area contributed by atoms with Gasteiger partial charge in [0, 0.05) is 18.0 Å². The molecule has 1 saturated heterocycles. The summed E-state index contributed by atoms with van der Waals surface area (Å²) in [5, 5.41) is 9.60. The first-order chi connectivity index (χ1) is 9.79. The van der Waals surface area contributed by atoms with Crippen molar-refractivity contribution in [3.05, 3.63) is 23.4 Å². The van der Waals surface area contributed by atoms with E-state index in [1.165, 1.54) is 7.11 Å². The number of hydrogen-bond donors (Lipinski definition) is 1. The SMILES string of the molecule is COc1ncc(C=C(CO)B2OC(C)(C)C(C)(C)O2)cn1. The van der Waals surface area contributed by atoms with Crippen molar-refractivity contribution in [2.75, 3.05) is 13.7 Å². The Morgan fingerprint density at radius 1 is 1.24 bits per heavy atom. The maximum atomic E-state index is 9.60. The van der Waals surface area contributed by atoms with Crippen LogP contribution in [0, 0.1) is 0 Å². The molecule has 0 spiro atoms. The average Bonchev–Trinajstić information content (AvgIpc) is 2.65. The number of methoxy groups -OCH3 is 1. The van der Waals surface area contributed by atoms with E-state index in [4.69, 9.17) is 14.0 Å². The highest BCUT2D eigenvalue weighted by molar-refractivity contribution is 6.55. The Hall–Kier alpha value is -1.44. The predicted octanol–water partition coefficient (Wildman–Crippen LogP) is 1.49. The van der Waals surface area contributed by atoms with Crippen LogP contribution in [0.25, 0.3) is 6.08 Å². The maximum absolute atomic E-state index is 9.60. The molecule has 2 rings (SSSR count). The second-order valence-electron chi connectivity index (χ2n) is 5.97. The van der Waals surface area contributed by atoms with Gasteiger partial charge in [-0.15, -0.1) is 0 Å². The van der Waals surface area contributed by atoms with E-state index in [1.54, 1.807) is 18.5 Å². The smallest absolute Gasteiger partial charge is 0.467 e. The minimum absolute atomic E-state index is 0.164. The van der Waals surface area contributed by atoms with Crippen LogP contribution >= 0.6 is 0 Å². The molecule has 0 saturated carbocycles. The summed E-state index contributed by atoms with van der Waals surface area (Å²) in [6, 6.07) is 0.299. The molecule has 2 heterocycles. The fourth-order valence-electron chi connectivity index (χ4n) is 1.90. The van der Waals surface area contributed by atoms with Gasteiger partial charge in [-0.2, -0.15) is 0 Å². The van der Waals surface area contributed by atoms with E-state index in [0.29, 0.717) is 11.5 Å². The molecular formula is C14H21BN2O4. The van der Waals surface area contributed by atoms with Crippen molar-refractivity contribution in [1.82, 2.24) is 9.97 Å². The first-order valence-corrected chi connectivity index (χ1v) is 6.82. The van der Waals surface area contributed by atoms with Gasteiger partial charge in [0.15, 0.2) is 0 Å². The van der Waals surface area contributed by atoms with E-state index in [9.17, 15) is 5.11 Å². The second kappa shape index (κ2) is 5.75. The fourth-order valence-corrected chi connectivity index (χ4v) is 1.90. The number of hydrogen-bond acceptors (Lipinski definition) is 6. The summed E-state index contributed by atoms with van der Waals surface area (Å²) < 4.78 is 16.7. The highest BCUT2D eigenvalue weighted by Gasteiger charge is 2.52. The van der Waals surface area contributed by atoms with Gasteiger partial charge in [0.25, 0.3) is 0 Å². The Morgan fingerprint density at radius 3 is 2.19 bits per heavy atom. The van der Waals surface area contributed by atoms with Crippen LogP contribution in [0.5, 0.6) is 6.01 Å². The third kappa shape index (κ3) is 3.25. The molecule has 1 aliphatic heterocycles. The standard InChI is InChI=1S/C14H21BN2O4/c1-13(2)14(3,4)21-15(20-13)11(9-18)6-10-7-16-12(19-5)17-8-10/h6-8,18H,9H2,1-5H3. The first-order valence-electron chi connectivity index (χ1n) is 6.82. The van der Waals surface area contributed by atoms with Crippen LogP contribution in [0.15, 0.2) is 17.9 Å². The lowest BCUT2D eigenvalue weighted by atomic mass is 9.78. The first kappa shape index (κ1) is 15.9. The van der Waals surface area contributed by atoms with E-state index in [0.717, 1.165) is 5.56 Å². The highest BCUT2D eigenvalue weighted by atomic mass is 16.7. The van der Waals surface area contributed by atoms with Gasteiger partial charge >= 0.3 is 13.1 Å².